The van der Waals surface area contributed by atoms with Gasteiger partial charge in [-0.3, -0.25) is 13.9 Å². The third kappa shape index (κ3) is 8.20. The molecule has 0 fully saturated rings. The fourth-order valence-electron chi connectivity index (χ4n) is 3.78. The van der Waals surface area contributed by atoms with Crippen molar-refractivity contribution in [3.05, 3.63) is 92.9 Å². The Balaban J connectivity index is 2.03. The molecule has 2 amide bonds. The van der Waals surface area contributed by atoms with Gasteiger partial charge in [-0.2, -0.15) is 0 Å². The summed E-state index contributed by atoms with van der Waals surface area (Å²) in [6, 6.07) is 18.6. The minimum Gasteiger partial charge on any atom is -0.354 e. The molecule has 208 valence electrons. The summed E-state index contributed by atoms with van der Waals surface area (Å²) in [5, 5.41) is 3.25. The van der Waals surface area contributed by atoms with Crippen LogP contribution in [0.2, 0.25) is 10.0 Å². The second kappa shape index (κ2) is 13.7. The molecule has 0 aliphatic rings. The number of amides is 2. The fraction of sp³-hybridized carbons (Fsp3) is 0.286. The first kappa shape index (κ1) is 30.9. The first-order valence-electron chi connectivity index (χ1n) is 12.2. The molecule has 0 aromatic heterocycles. The Kier molecular flexibility index (Phi) is 10.8. The third-order valence-electron chi connectivity index (χ3n) is 5.88. The van der Waals surface area contributed by atoms with Crippen molar-refractivity contribution in [3.8, 4) is 0 Å². The van der Waals surface area contributed by atoms with Crippen molar-refractivity contribution in [2.24, 2.45) is 5.92 Å². The lowest BCUT2D eigenvalue weighted by Crippen LogP contribution is -2.51. The van der Waals surface area contributed by atoms with E-state index >= 15 is 0 Å². The standard InChI is InChI=1S/C28H30BrCl2N3O4S/c1-19(2)16-32-28(36)20(3)33(17-21-8-7-9-22(29)14-21)27(35)18-34(26-13-12-23(30)15-25(26)31)39(37,38)24-10-5-4-6-11-24/h4-15,19-20H,16-18H2,1-3H3,(H,32,36)/t20-/m1/s1. The number of carbonyl (C=O) groups excluding carboxylic acids is 2. The van der Waals surface area contributed by atoms with Gasteiger partial charge in [0.1, 0.15) is 12.6 Å². The zero-order valence-corrected chi connectivity index (χ0v) is 25.7. The van der Waals surface area contributed by atoms with Crippen LogP contribution in [0.15, 0.2) is 82.2 Å². The lowest BCUT2D eigenvalue weighted by molar-refractivity contribution is -0.139. The van der Waals surface area contributed by atoms with Crippen LogP contribution in [0, 0.1) is 5.92 Å². The van der Waals surface area contributed by atoms with Gasteiger partial charge in [0.05, 0.1) is 15.6 Å². The van der Waals surface area contributed by atoms with E-state index in [1.807, 2.05) is 38.1 Å². The number of hydrogen-bond donors (Lipinski definition) is 1. The molecule has 0 spiro atoms. The highest BCUT2D eigenvalue weighted by molar-refractivity contribution is 9.10. The predicted octanol–water partition coefficient (Wildman–Crippen LogP) is 6.14. The number of carbonyl (C=O) groups is 2. The van der Waals surface area contributed by atoms with Gasteiger partial charge < -0.3 is 10.2 Å². The molecule has 7 nitrogen and oxygen atoms in total. The maximum absolute atomic E-state index is 13.9. The number of benzene rings is 3. The van der Waals surface area contributed by atoms with Crippen LogP contribution in [-0.4, -0.2) is 44.3 Å². The highest BCUT2D eigenvalue weighted by Crippen LogP contribution is 2.33. The number of halogens is 3. The molecule has 1 N–H and O–H groups in total. The van der Waals surface area contributed by atoms with Crippen LogP contribution in [0.4, 0.5) is 5.69 Å². The van der Waals surface area contributed by atoms with E-state index in [0.29, 0.717) is 11.6 Å². The Hall–Kier alpha value is -2.59. The number of nitrogens with zero attached hydrogens (tertiary/aromatic N) is 2. The van der Waals surface area contributed by atoms with E-state index in [1.165, 1.54) is 35.2 Å². The van der Waals surface area contributed by atoms with E-state index < -0.39 is 28.5 Å². The van der Waals surface area contributed by atoms with Crippen LogP contribution < -0.4 is 9.62 Å². The summed E-state index contributed by atoms with van der Waals surface area (Å²) in [7, 11) is -4.21. The first-order valence-corrected chi connectivity index (χ1v) is 15.2. The van der Waals surface area contributed by atoms with E-state index in [-0.39, 0.29) is 34.0 Å². The van der Waals surface area contributed by atoms with Crippen molar-refractivity contribution in [2.75, 3.05) is 17.4 Å². The quantitative estimate of drug-likeness (QED) is 0.269. The number of rotatable bonds is 11. The average molecular weight is 655 g/mol. The van der Waals surface area contributed by atoms with Gasteiger partial charge in [-0.15, -0.1) is 0 Å². The van der Waals surface area contributed by atoms with Gasteiger partial charge in [0.25, 0.3) is 10.0 Å². The van der Waals surface area contributed by atoms with Crippen LogP contribution in [0.5, 0.6) is 0 Å². The maximum Gasteiger partial charge on any atom is 0.264 e. The zero-order valence-electron chi connectivity index (χ0n) is 21.8. The van der Waals surface area contributed by atoms with Crippen molar-refractivity contribution < 1.29 is 18.0 Å². The lowest BCUT2D eigenvalue weighted by atomic mass is 10.1. The van der Waals surface area contributed by atoms with E-state index in [4.69, 9.17) is 23.2 Å². The van der Waals surface area contributed by atoms with E-state index in [9.17, 15) is 18.0 Å². The minimum atomic E-state index is -4.21. The van der Waals surface area contributed by atoms with E-state index in [2.05, 4.69) is 21.2 Å². The Labute approximate surface area is 248 Å². The van der Waals surface area contributed by atoms with Gasteiger partial charge in [0.15, 0.2) is 0 Å². The summed E-state index contributed by atoms with van der Waals surface area (Å²) in [6.07, 6.45) is 0. The van der Waals surface area contributed by atoms with Crippen LogP contribution in [0.1, 0.15) is 26.3 Å². The van der Waals surface area contributed by atoms with Gasteiger partial charge >= 0.3 is 0 Å². The largest absolute Gasteiger partial charge is 0.354 e. The summed E-state index contributed by atoms with van der Waals surface area (Å²) < 4.78 is 29.3. The number of sulfonamides is 1. The van der Waals surface area contributed by atoms with Crippen molar-refractivity contribution in [1.29, 1.82) is 0 Å². The molecule has 3 aromatic rings. The predicted molar refractivity (Wildman–Crippen MR) is 159 cm³/mol. The molecule has 0 heterocycles. The topological polar surface area (TPSA) is 86.8 Å². The molecule has 3 aromatic carbocycles. The molecule has 0 radical (unpaired) electrons. The molecule has 0 unspecified atom stereocenters. The van der Waals surface area contributed by atoms with E-state index in [1.54, 1.807) is 25.1 Å². The van der Waals surface area contributed by atoms with Crippen LogP contribution in [0.3, 0.4) is 0 Å². The Bertz CT molecular complexity index is 1420. The Morgan fingerprint density at radius 3 is 2.26 bits per heavy atom. The molecular weight excluding hydrogens is 625 g/mol. The third-order valence-corrected chi connectivity index (χ3v) is 8.69. The van der Waals surface area contributed by atoms with Crippen molar-refractivity contribution in [1.82, 2.24) is 10.2 Å². The molecule has 1 atom stereocenters. The Morgan fingerprint density at radius 1 is 0.949 bits per heavy atom. The second-order valence-corrected chi connectivity index (χ2v) is 13.0. The van der Waals surface area contributed by atoms with Gasteiger partial charge in [0, 0.05) is 22.6 Å². The van der Waals surface area contributed by atoms with Gasteiger partial charge in [0.2, 0.25) is 11.8 Å². The zero-order chi connectivity index (χ0) is 28.7. The normalized spacial score (nSPS) is 12.2. The van der Waals surface area contributed by atoms with Gasteiger partial charge in [-0.05, 0) is 60.9 Å². The Morgan fingerprint density at radius 2 is 1.64 bits per heavy atom. The molecule has 0 aliphatic carbocycles. The smallest absolute Gasteiger partial charge is 0.264 e. The maximum atomic E-state index is 13.9. The average Bonchev–Trinajstić information content (AvgIpc) is 2.89. The second-order valence-electron chi connectivity index (χ2n) is 9.39. The van der Waals surface area contributed by atoms with Crippen LogP contribution in [-0.2, 0) is 26.2 Å². The van der Waals surface area contributed by atoms with Crippen LogP contribution >= 0.6 is 39.1 Å². The molecule has 0 bridgehead atoms. The number of nitrogens with one attached hydrogen (secondary N) is 1. The SMILES string of the molecule is CC(C)CNC(=O)[C@@H](C)N(Cc1cccc(Br)c1)C(=O)CN(c1ccc(Cl)cc1Cl)S(=O)(=O)c1ccccc1. The van der Waals surface area contributed by atoms with Gasteiger partial charge in [-0.1, -0.05) is 83.3 Å². The number of hydrogen-bond acceptors (Lipinski definition) is 4. The van der Waals surface area contributed by atoms with Crippen molar-refractivity contribution >= 4 is 66.7 Å². The first-order chi connectivity index (χ1) is 18.4. The molecule has 0 aliphatic heterocycles. The molecule has 0 saturated carbocycles. The summed E-state index contributed by atoms with van der Waals surface area (Å²) in [6.45, 7) is 5.50. The van der Waals surface area contributed by atoms with Crippen LogP contribution in [0.25, 0.3) is 0 Å². The molecule has 39 heavy (non-hydrogen) atoms. The summed E-state index contributed by atoms with van der Waals surface area (Å²) >= 11 is 15.9. The lowest BCUT2D eigenvalue weighted by Gasteiger charge is -2.32. The summed E-state index contributed by atoms with van der Waals surface area (Å²) in [5.74, 6) is -0.698. The van der Waals surface area contributed by atoms with E-state index in [0.717, 1.165) is 14.3 Å². The summed E-state index contributed by atoms with van der Waals surface area (Å²) in [4.78, 5) is 28.3. The summed E-state index contributed by atoms with van der Waals surface area (Å²) in [5.41, 5.74) is 0.862. The molecule has 0 saturated heterocycles. The fourth-order valence-corrected chi connectivity index (χ4v) is 6.24. The number of anilines is 1. The molecule has 3 rings (SSSR count). The highest BCUT2D eigenvalue weighted by Gasteiger charge is 2.33. The monoisotopic (exact) mass is 653 g/mol. The molecular formula is C28H30BrCl2N3O4S. The van der Waals surface area contributed by atoms with Gasteiger partial charge in [-0.25, -0.2) is 8.42 Å². The highest BCUT2D eigenvalue weighted by atomic mass is 79.9. The van der Waals surface area contributed by atoms with Crippen molar-refractivity contribution in [3.63, 3.8) is 0 Å². The molecule has 11 heteroatoms. The minimum absolute atomic E-state index is 0.00918. The van der Waals surface area contributed by atoms with Crippen molar-refractivity contribution in [2.45, 2.75) is 38.3 Å².